The molecule has 0 N–H and O–H groups in total. The van der Waals surface area contributed by atoms with Gasteiger partial charge in [0.2, 0.25) is 0 Å². The van der Waals surface area contributed by atoms with Crippen molar-refractivity contribution in [1.29, 1.82) is 0 Å². The molecule has 2 aromatic rings. The molecule has 0 fully saturated rings. The third-order valence-electron chi connectivity index (χ3n) is 3.21. The van der Waals surface area contributed by atoms with E-state index in [-0.39, 0.29) is 35.2 Å². The molecule has 2 aromatic carbocycles. The molecule has 0 saturated carbocycles. The maximum atomic E-state index is 11.8. The summed E-state index contributed by atoms with van der Waals surface area (Å²) < 4.78 is 10.2. The van der Waals surface area contributed by atoms with Crippen LogP contribution < -0.4 is 4.74 Å². The van der Waals surface area contributed by atoms with Gasteiger partial charge in [-0.3, -0.25) is 9.59 Å². The molecule has 7 heteroatoms. The van der Waals surface area contributed by atoms with E-state index in [0.717, 1.165) is 5.56 Å². The second-order valence-electron chi connectivity index (χ2n) is 5.13. The largest absolute Gasteiger partial charge is 0.465 e. The van der Waals surface area contributed by atoms with Gasteiger partial charge in [0.1, 0.15) is 0 Å². The second kappa shape index (κ2) is 9.66. The molecule has 2 rings (SSSR count). The number of benzene rings is 2. The lowest BCUT2D eigenvalue weighted by molar-refractivity contribution is -0.146. The summed E-state index contributed by atoms with van der Waals surface area (Å²) in [6.07, 6.45) is 0.392. The minimum Gasteiger partial charge on any atom is -0.465 e. The number of esters is 2. The van der Waals surface area contributed by atoms with Crippen LogP contribution in [0.2, 0.25) is 15.1 Å². The van der Waals surface area contributed by atoms with Crippen LogP contribution in [0.4, 0.5) is 0 Å². The van der Waals surface area contributed by atoms with E-state index in [4.69, 9.17) is 44.3 Å². The molecule has 0 spiro atoms. The summed E-state index contributed by atoms with van der Waals surface area (Å²) in [6, 6.07) is 12.5. The van der Waals surface area contributed by atoms with Gasteiger partial charge in [-0.2, -0.15) is 0 Å². The maximum Gasteiger partial charge on any atom is 0.311 e. The predicted molar refractivity (Wildman–Crippen MR) is 97.4 cm³/mol. The van der Waals surface area contributed by atoms with Crippen LogP contribution in [0.5, 0.6) is 5.75 Å². The summed E-state index contributed by atoms with van der Waals surface area (Å²) >= 11 is 17.6. The van der Waals surface area contributed by atoms with Gasteiger partial charge in [0.15, 0.2) is 5.75 Å². The number of hydrogen-bond acceptors (Lipinski definition) is 4. The first-order valence-corrected chi connectivity index (χ1v) is 8.64. The number of carbonyl (C=O) groups is 2. The molecule has 0 aliphatic heterocycles. The van der Waals surface area contributed by atoms with Crippen molar-refractivity contribution in [2.24, 2.45) is 0 Å². The summed E-state index contributed by atoms with van der Waals surface area (Å²) in [7, 11) is 0. The highest BCUT2D eigenvalue weighted by atomic mass is 35.5. The molecule has 0 atom stereocenters. The summed E-state index contributed by atoms with van der Waals surface area (Å²) in [4.78, 5) is 23.5. The maximum absolute atomic E-state index is 11.8. The summed E-state index contributed by atoms with van der Waals surface area (Å²) in [5.41, 5.74) is 1.07. The van der Waals surface area contributed by atoms with Gasteiger partial charge in [0.05, 0.1) is 29.5 Å². The van der Waals surface area contributed by atoms with Gasteiger partial charge in [0, 0.05) is 11.4 Å². The zero-order valence-electron chi connectivity index (χ0n) is 13.1. The Bertz CT molecular complexity index is 724. The predicted octanol–water partition coefficient (Wildman–Crippen LogP) is 5.12. The molecular formula is C18H15Cl3O4. The molecule has 0 heterocycles. The highest BCUT2D eigenvalue weighted by Crippen LogP contribution is 2.36. The standard InChI is InChI=1S/C18H15Cl3O4/c19-13-10-14(20)18(15(21)11-13)25-17(23)7-6-16(22)24-9-8-12-4-2-1-3-5-12/h1-5,10-11H,6-9H2. The molecule has 0 bridgehead atoms. The van der Waals surface area contributed by atoms with E-state index >= 15 is 0 Å². The highest BCUT2D eigenvalue weighted by molar-refractivity contribution is 6.40. The lowest BCUT2D eigenvalue weighted by Gasteiger charge is -2.09. The van der Waals surface area contributed by atoms with Gasteiger partial charge in [0.25, 0.3) is 0 Å². The monoisotopic (exact) mass is 400 g/mol. The van der Waals surface area contributed by atoms with Crippen LogP contribution in [0.25, 0.3) is 0 Å². The Labute approximate surface area is 160 Å². The van der Waals surface area contributed by atoms with Crippen LogP contribution in [-0.2, 0) is 20.7 Å². The third-order valence-corrected chi connectivity index (χ3v) is 3.99. The van der Waals surface area contributed by atoms with Gasteiger partial charge in [-0.05, 0) is 17.7 Å². The number of hydrogen-bond donors (Lipinski definition) is 0. The van der Waals surface area contributed by atoms with Crippen molar-refractivity contribution in [3.63, 3.8) is 0 Å². The number of halogens is 3. The van der Waals surface area contributed by atoms with Gasteiger partial charge in [-0.1, -0.05) is 65.1 Å². The van der Waals surface area contributed by atoms with E-state index in [1.807, 2.05) is 30.3 Å². The lowest BCUT2D eigenvalue weighted by Crippen LogP contribution is -2.13. The average molecular weight is 402 g/mol. The first-order valence-electron chi connectivity index (χ1n) is 7.50. The summed E-state index contributed by atoms with van der Waals surface area (Å²) in [5.74, 6) is -1.08. The molecule has 4 nitrogen and oxygen atoms in total. The van der Waals surface area contributed by atoms with Crippen molar-refractivity contribution in [3.8, 4) is 5.75 Å². The van der Waals surface area contributed by atoms with Gasteiger partial charge in [-0.15, -0.1) is 0 Å². The Balaban J connectivity index is 1.73. The van der Waals surface area contributed by atoms with E-state index in [1.54, 1.807) is 0 Å². The SMILES string of the molecule is O=C(CCC(=O)Oc1c(Cl)cc(Cl)cc1Cl)OCCc1ccccc1. The van der Waals surface area contributed by atoms with Crippen LogP contribution >= 0.6 is 34.8 Å². The summed E-state index contributed by atoms with van der Waals surface area (Å²) in [5, 5.41) is 0.573. The van der Waals surface area contributed by atoms with Gasteiger partial charge >= 0.3 is 11.9 Å². The van der Waals surface area contributed by atoms with E-state index in [0.29, 0.717) is 11.4 Å². The van der Waals surface area contributed by atoms with Crippen LogP contribution in [0, 0.1) is 0 Å². The van der Waals surface area contributed by atoms with Crippen molar-refractivity contribution in [2.45, 2.75) is 19.3 Å². The molecule has 132 valence electrons. The zero-order valence-corrected chi connectivity index (χ0v) is 15.4. The molecule has 0 amide bonds. The molecule has 0 radical (unpaired) electrons. The molecule has 25 heavy (non-hydrogen) atoms. The van der Waals surface area contributed by atoms with E-state index in [1.165, 1.54) is 12.1 Å². The topological polar surface area (TPSA) is 52.6 Å². The van der Waals surface area contributed by atoms with Crippen molar-refractivity contribution < 1.29 is 19.1 Å². The number of ether oxygens (including phenoxy) is 2. The average Bonchev–Trinajstić information content (AvgIpc) is 2.57. The van der Waals surface area contributed by atoms with Crippen molar-refractivity contribution in [1.82, 2.24) is 0 Å². The molecular weight excluding hydrogens is 387 g/mol. The number of carbonyl (C=O) groups excluding carboxylic acids is 2. The quantitative estimate of drug-likeness (QED) is 0.477. The minimum absolute atomic E-state index is 0.0233. The molecule has 0 saturated heterocycles. The molecule has 0 aromatic heterocycles. The fraction of sp³-hybridized carbons (Fsp3) is 0.222. The fourth-order valence-corrected chi connectivity index (χ4v) is 2.89. The zero-order chi connectivity index (χ0) is 18.2. The first kappa shape index (κ1) is 19.6. The van der Waals surface area contributed by atoms with E-state index < -0.39 is 11.9 Å². The van der Waals surface area contributed by atoms with Crippen LogP contribution in [0.15, 0.2) is 42.5 Å². The Morgan fingerprint density at radius 3 is 2.12 bits per heavy atom. The molecule has 0 aliphatic carbocycles. The summed E-state index contributed by atoms with van der Waals surface area (Å²) in [6.45, 7) is 0.257. The van der Waals surface area contributed by atoms with Crippen molar-refractivity contribution in [2.75, 3.05) is 6.61 Å². The first-order chi connectivity index (χ1) is 12.0. The highest BCUT2D eigenvalue weighted by Gasteiger charge is 2.15. The van der Waals surface area contributed by atoms with Gasteiger partial charge in [-0.25, -0.2) is 0 Å². The Morgan fingerprint density at radius 1 is 0.880 bits per heavy atom. The van der Waals surface area contributed by atoms with Crippen molar-refractivity contribution in [3.05, 3.63) is 63.1 Å². The van der Waals surface area contributed by atoms with E-state index in [2.05, 4.69) is 0 Å². The third kappa shape index (κ3) is 6.58. The Morgan fingerprint density at radius 2 is 1.48 bits per heavy atom. The van der Waals surface area contributed by atoms with E-state index in [9.17, 15) is 9.59 Å². The van der Waals surface area contributed by atoms with Crippen LogP contribution in [-0.4, -0.2) is 18.5 Å². The fourth-order valence-electron chi connectivity index (χ4n) is 2.00. The Kier molecular flexibility index (Phi) is 7.56. The minimum atomic E-state index is -0.633. The smallest absolute Gasteiger partial charge is 0.311 e. The molecule has 0 unspecified atom stereocenters. The Hall–Kier alpha value is -1.75. The normalized spacial score (nSPS) is 10.4. The number of rotatable bonds is 7. The second-order valence-corrected chi connectivity index (χ2v) is 6.38. The van der Waals surface area contributed by atoms with Crippen LogP contribution in [0.3, 0.4) is 0 Å². The van der Waals surface area contributed by atoms with Gasteiger partial charge < -0.3 is 9.47 Å². The van der Waals surface area contributed by atoms with Crippen molar-refractivity contribution >= 4 is 46.7 Å². The lowest BCUT2D eigenvalue weighted by atomic mass is 10.2. The van der Waals surface area contributed by atoms with Crippen LogP contribution in [0.1, 0.15) is 18.4 Å². The molecule has 0 aliphatic rings.